The van der Waals surface area contributed by atoms with Crippen molar-refractivity contribution in [1.82, 2.24) is 9.80 Å². The number of carbonyl (C=O) groups excluding carboxylic acids is 2. The molecule has 0 aromatic heterocycles. The fourth-order valence-electron chi connectivity index (χ4n) is 2.00. The molecule has 0 saturated carbocycles. The van der Waals surface area contributed by atoms with E-state index in [4.69, 9.17) is 0 Å². The van der Waals surface area contributed by atoms with Crippen LogP contribution in [0.4, 0.5) is 10.5 Å². The molecule has 2 amide bonds. The van der Waals surface area contributed by atoms with E-state index >= 15 is 0 Å². The van der Waals surface area contributed by atoms with Crippen LogP contribution in [-0.4, -0.2) is 55.3 Å². The van der Waals surface area contributed by atoms with Crippen molar-refractivity contribution in [3.8, 4) is 0 Å². The van der Waals surface area contributed by atoms with Crippen LogP contribution in [0.15, 0.2) is 24.3 Å². The Hall–Kier alpha value is -1.88. The van der Waals surface area contributed by atoms with Crippen LogP contribution in [0.3, 0.4) is 0 Å². The maximum atomic E-state index is 12.2. The molecule has 1 aromatic carbocycles. The van der Waals surface area contributed by atoms with Gasteiger partial charge in [-0.15, -0.1) is 0 Å². The number of carbonyl (C=O) groups is 2. The molecule has 116 valence electrons. The van der Waals surface area contributed by atoms with Crippen LogP contribution in [0.25, 0.3) is 0 Å². The van der Waals surface area contributed by atoms with Crippen molar-refractivity contribution in [3.05, 3.63) is 29.8 Å². The van der Waals surface area contributed by atoms with E-state index in [0.29, 0.717) is 24.3 Å². The summed E-state index contributed by atoms with van der Waals surface area (Å²) in [7, 11) is 4.03. The number of hydrogen-bond acceptors (Lipinski definition) is 3. The number of urea groups is 1. The molecular formula is C16H25N3O2. The molecule has 0 aliphatic rings. The largest absolute Gasteiger partial charge is 0.325 e. The van der Waals surface area contributed by atoms with Gasteiger partial charge in [-0.3, -0.25) is 4.79 Å². The molecule has 0 aliphatic heterocycles. The van der Waals surface area contributed by atoms with Crippen molar-refractivity contribution < 1.29 is 9.59 Å². The molecule has 0 saturated heterocycles. The smallest absolute Gasteiger partial charge is 0.321 e. The first-order valence-electron chi connectivity index (χ1n) is 7.25. The van der Waals surface area contributed by atoms with E-state index in [1.165, 1.54) is 6.92 Å². The highest BCUT2D eigenvalue weighted by molar-refractivity contribution is 5.96. The first kappa shape index (κ1) is 17.2. The summed E-state index contributed by atoms with van der Waals surface area (Å²) in [5.74, 6) is -0.00979. The molecule has 0 aliphatic carbocycles. The molecule has 0 spiro atoms. The number of benzene rings is 1. The quantitative estimate of drug-likeness (QED) is 0.786. The van der Waals surface area contributed by atoms with Gasteiger partial charge in [-0.1, -0.05) is 12.1 Å². The summed E-state index contributed by atoms with van der Waals surface area (Å²) in [5.41, 5.74) is 1.25. The van der Waals surface area contributed by atoms with Gasteiger partial charge in [-0.05, 0) is 53.0 Å². The van der Waals surface area contributed by atoms with Gasteiger partial charge in [0, 0.05) is 24.3 Å². The molecule has 5 nitrogen and oxygen atoms in total. The summed E-state index contributed by atoms with van der Waals surface area (Å²) in [6.45, 7) is 5.80. The monoisotopic (exact) mass is 291 g/mol. The average Bonchev–Trinajstić information content (AvgIpc) is 2.43. The van der Waals surface area contributed by atoms with Crippen molar-refractivity contribution in [2.45, 2.75) is 20.3 Å². The summed E-state index contributed by atoms with van der Waals surface area (Å²) >= 11 is 0. The highest BCUT2D eigenvalue weighted by Crippen LogP contribution is 2.12. The Bertz CT molecular complexity index is 486. The maximum Gasteiger partial charge on any atom is 0.321 e. The van der Waals surface area contributed by atoms with Crippen molar-refractivity contribution in [3.63, 3.8) is 0 Å². The highest BCUT2D eigenvalue weighted by Gasteiger charge is 2.12. The van der Waals surface area contributed by atoms with Crippen LogP contribution in [0, 0.1) is 0 Å². The molecule has 1 N–H and O–H groups in total. The number of hydrogen-bond donors (Lipinski definition) is 1. The second-order valence-corrected chi connectivity index (χ2v) is 5.30. The fourth-order valence-corrected chi connectivity index (χ4v) is 2.00. The normalized spacial score (nSPS) is 10.5. The van der Waals surface area contributed by atoms with Gasteiger partial charge in [0.15, 0.2) is 5.78 Å². The summed E-state index contributed by atoms with van der Waals surface area (Å²) < 4.78 is 0. The Morgan fingerprint density at radius 2 is 1.90 bits per heavy atom. The highest BCUT2D eigenvalue weighted by atomic mass is 16.2. The Labute approximate surface area is 126 Å². The summed E-state index contributed by atoms with van der Waals surface area (Å²) in [6, 6.07) is 6.88. The minimum absolute atomic E-state index is 0.00979. The van der Waals surface area contributed by atoms with Crippen molar-refractivity contribution in [2.75, 3.05) is 39.0 Å². The second kappa shape index (κ2) is 8.42. The minimum atomic E-state index is -0.128. The molecule has 0 bridgehead atoms. The van der Waals surface area contributed by atoms with Crippen LogP contribution in [0.5, 0.6) is 0 Å². The summed E-state index contributed by atoms with van der Waals surface area (Å²) in [4.78, 5) is 27.4. The average molecular weight is 291 g/mol. The topological polar surface area (TPSA) is 52.6 Å². The SMILES string of the molecule is CCN(CCCN(C)C)C(=O)Nc1cccc(C(C)=O)c1. The third-order valence-electron chi connectivity index (χ3n) is 3.22. The first-order valence-corrected chi connectivity index (χ1v) is 7.25. The van der Waals surface area contributed by atoms with Gasteiger partial charge in [-0.25, -0.2) is 4.79 Å². The number of nitrogens with zero attached hydrogens (tertiary/aromatic N) is 2. The number of anilines is 1. The second-order valence-electron chi connectivity index (χ2n) is 5.30. The molecule has 0 unspecified atom stereocenters. The van der Waals surface area contributed by atoms with Crippen LogP contribution in [-0.2, 0) is 0 Å². The summed E-state index contributed by atoms with van der Waals surface area (Å²) in [5, 5.41) is 2.85. The third kappa shape index (κ3) is 5.95. The lowest BCUT2D eigenvalue weighted by molar-refractivity contribution is 0.101. The van der Waals surface area contributed by atoms with Gasteiger partial charge in [0.2, 0.25) is 0 Å². The molecular weight excluding hydrogens is 266 g/mol. The molecule has 0 radical (unpaired) electrons. The van der Waals surface area contributed by atoms with Crippen molar-refractivity contribution in [2.24, 2.45) is 0 Å². The zero-order valence-electron chi connectivity index (χ0n) is 13.3. The predicted octanol–water partition coefficient (Wildman–Crippen LogP) is 2.69. The zero-order chi connectivity index (χ0) is 15.8. The van der Waals surface area contributed by atoms with E-state index < -0.39 is 0 Å². The Balaban J connectivity index is 2.61. The number of nitrogens with one attached hydrogen (secondary N) is 1. The molecule has 1 rings (SSSR count). The van der Waals surface area contributed by atoms with E-state index in [2.05, 4.69) is 10.2 Å². The lowest BCUT2D eigenvalue weighted by Crippen LogP contribution is -2.36. The lowest BCUT2D eigenvalue weighted by atomic mass is 10.1. The zero-order valence-corrected chi connectivity index (χ0v) is 13.3. The number of rotatable bonds is 7. The van der Waals surface area contributed by atoms with Crippen LogP contribution >= 0.6 is 0 Å². The van der Waals surface area contributed by atoms with Crippen LogP contribution in [0.2, 0.25) is 0 Å². The lowest BCUT2D eigenvalue weighted by Gasteiger charge is -2.22. The van der Waals surface area contributed by atoms with Gasteiger partial charge < -0.3 is 15.1 Å². The van der Waals surface area contributed by atoms with E-state index in [0.717, 1.165) is 13.0 Å². The molecule has 0 atom stereocenters. The van der Waals surface area contributed by atoms with Gasteiger partial charge in [0.1, 0.15) is 0 Å². The molecule has 0 fully saturated rings. The molecule has 21 heavy (non-hydrogen) atoms. The Morgan fingerprint density at radius 3 is 2.48 bits per heavy atom. The van der Waals surface area contributed by atoms with Crippen LogP contribution < -0.4 is 5.32 Å². The fraction of sp³-hybridized carbons (Fsp3) is 0.500. The third-order valence-corrected chi connectivity index (χ3v) is 3.22. The first-order chi connectivity index (χ1) is 9.93. The van der Waals surface area contributed by atoms with Gasteiger partial charge in [0.05, 0.1) is 0 Å². The molecule has 5 heteroatoms. The van der Waals surface area contributed by atoms with E-state index in [9.17, 15) is 9.59 Å². The van der Waals surface area contributed by atoms with Crippen molar-refractivity contribution >= 4 is 17.5 Å². The number of Topliss-reactive ketones (excluding diaryl/α,β-unsaturated/α-hetero) is 1. The Morgan fingerprint density at radius 1 is 1.19 bits per heavy atom. The molecule has 1 aromatic rings. The number of amides is 2. The van der Waals surface area contributed by atoms with Crippen molar-refractivity contribution in [1.29, 1.82) is 0 Å². The standard InChI is InChI=1S/C16H25N3O2/c1-5-19(11-7-10-18(3)4)16(21)17-15-9-6-8-14(12-15)13(2)20/h6,8-9,12H,5,7,10-11H2,1-4H3,(H,17,21). The van der Waals surface area contributed by atoms with Gasteiger partial charge in [0.25, 0.3) is 0 Å². The maximum absolute atomic E-state index is 12.2. The Kier molecular flexibility index (Phi) is 6.88. The number of ketones is 1. The van der Waals surface area contributed by atoms with Crippen LogP contribution in [0.1, 0.15) is 30.6 Å². The van der Waals surface area contributed by atoms with Gasteiger partial charge >= 0.3 is 6.03 Å². The van der Waals surface area contributed by atoms with E-state index in [1.54, 1.807) is 29.2 Å². The van der Waals surface area contributed by atoms with Gasteiger partial charge in [-0.2, -0.15) is 0 Å². The minimum Gasteiger partial charge on any atom is -0.325 e. The van der Waals surface area contributed by atoms with E-state index in [-0.39, 0.29) is 11.8 Å². The summed E-state index contributed by atoms with van der Waals surface area (Å²) in [6.07, 6.45) is 0.932. The predicted molar refractivity (Wildman–Crippen MR) is 85.9 cm³/mol. The van der Waals surface area contributed by atoms with E-state index in [1.807, 2.05) is 21.0 Å². The molecule has 0 heterocycles.